The number of hydrogen-bond acceptors (Lipinski definition) is 5. The summed E-state index contributed by atoms with van der Waals surface area (Å²) < 4.78 is 4.81. The zero-order valence-electron chi connectivity index (χ0n) is 12.0. The molecule has 0 aromatic carbocycles. The van der Waals surface area contributed by atoms with E-state index in [4.69, 9.17) is 4.74 Å². The topological polar surface area (TPSA) is 59.5 Å². The molecule has 1 aliphatic heterocycles. The average molecular weight is 276 g/mol. The van der Waals surface area contributed by atoms with E-state index in [0.29, 0.717) is 18.7 Å². The van der Waals surface area contributed by atoms with Gasteiger partial charge in [-0.2, -0.15) is 0 Å². The molecule has 0 spiro atoms. The number of hydrogen-bond donors (Lipinski definition) is 0. The first-order valence-corrected chi connectivity index (χ1v) is 6.97. The van der Waals surface area contributed by atoms with Crippen molar-refractivity contribution in [1.29, 1.82) is 0 Å². The van der Waals surface area contributed by atoms with Crippen LogP contribution in [0.25, 0.3) is 0 Å². The molecule has 5 heteroatoms. The van der Waals surface area contributed by atoms with Gasteiger partial charge in [0.2, 0.25) is 0 Å². The third-order valence-electron chi connectivity index (χ3n) is 3.68. The molecule has 108 valence electrons. The molecule has 5 nitrogen and oxygen atoms in total. The maximum Gasteiger partial charge on any atom is 0.310 e. The average Bonchev–Trinajstić information content (AvgIpc) is 2.53. The fourth-order valence-corrected chi connectivity index (χ4v) is 2.49. The second-order valence-electron chi connectivity index (χ2n) is 4.99. The van der Waals surface area contributed by atoms with Crippen molar-refractivity contribution >= 4 is 17.4 Å². The zero-order valence-corrected chi connectivity index (χ0v) is 12.0. The van der Waals surface area contributed by atoms with E-state index in [2.05, 4.69) is 9.88 Å². The minimum Gasteiger partial charge on any atom is -0.469 e. The summed E-state index contributed by atoms with van der Waals surface area (Å²) in [6.45, 7) is 3.37. The van der Waals surface area contributed by atoms with E-state index in [9.17, 15) is 9.59 Å². The van der Waals surface area contributed by atoms with Gasteiger partial charge in [-0.25, -0.2) is 0 Å². The molecule has 0 radical (unpaired) electrons. The van der Waals surface area contributed by atoms with Crippen molar-refractivity contribution in [2.24, 2.45) is 5.92 Å². The Morgan fingerprint density at radius 3 is 2.85 bits per heavy atom. The van der Waals surface area contributed by atoms with Crippen molar-refractivity contribution in [3.63, 3.8) is 0 Å². The molecule has 1 fully saturated rings. The van der Waals surface area contributed by atoms with Crippen molar-refractivity contribution < 1.29 is 14.3 Å². The number of rotatable bonds is 4. The van der Waals surface area contributed by atoms with Gasteiger partial charge in [0.1, 0.15) is 5.69 Å². The number of esters is 1. The van der Waals surface area contributed by atoms with Gasteiger partial charge in [0.15, 0.2) is 5.78 Å². The summed E-state index contributed by atoms with van der Waals surface area (Å²) >= 11 is 0. The summed E-state index contributed by atoms with van der Waals surface area (Å²) in [7, 11) is 1.42. The summed E-state index contributed by atoms with van der Waals surface area (Å²) in [4.78, 5) is 29.5. The first-order valence-electron chi connectivity index (χ1n) is 6.97. The van der Waals surface area contributed by atoms with Crippen LogP contribution in [0.4, 0.5) is 5.69 Å². The minimum absolute atomic E-state index is 0.0441. The number of piperidine rings is 1. The van der Waals surface area contributed by atoms with E-state index in [0.717, 1.165) is 25.1 Å². The molecule has 1 aliphatic rings. The number of Topliss-reactive ketones (excluding diaryl/α,β-unsaturated/α-hetero) is 1. The van der Waals surface area contributed by atoms with E-state index < -0.39 is 0 Å². The Kier molecular flexibility index (Phi) is 4.71. The highest BCUT2D eigenvalue weighted by atomic mass is 16.5. The molecule has 0 saturated carbocycles. The molecule has 0 bridgehead atoms. The van der Waals surface area contributed by atoms with Crippen LogP contribution in [0, 0.1) is 5.92 Å². The van der Waals surface area contributed by atoms with Gasteiger partial charge < -0.3 is 9.64 Å². The minimum atomic E-state index is -0.152. The molecule has 1 atom stereocenters. The molecular formula is C15H20N2O3. The Balaban J connectivity index is 2.07. The summed E-state index contributed by atoms with van der Waals surface area (Å²) in [5.41, 5.74) is 1.45. The quantitative estimate of drug-likeness (QED) is 0.622. The zero-order chi connectivity index (χ0) is 14.5. The molecule has 0 N–H and O–H groups in total. The number of aromatic nitrogens is 1. The number of pyridine rings is 1. The number of carbonyl (C=O) groups excluding carboxylic acids is 2. The molecule has 2 heterocycles. The van der Waals surface area contributed by atoms with E-state index in [-0.39, 0.29) is 17.7 Å². The maximum absolute atomic E-state index is 11.6. The van der Waals surface area contributed by atoms with Gasteiger partial charge in [-0.05, 0) is 25.0 Å². The second kappa shape index (κ2) is 6.50. The largest absolute Gasteiger partial charge is 0.469 e. The fourth-order valence-electron chi connectivity index (χ4n) is 2.49. The smallest absolute Gasteiger partial charge is 0.310 e. The number of carbonyl (C=O) groups is 2. The third-order valence-corrected chi connectivity index (χ3v) is 3.68. The van der Waals surface area contributed by atoms with Crippen LogP contribution in [0.15, 0.2) is 18.3 Å². The standard InChI is InChI=1S/C15H20N2O3/c1-3-14(18)13-7-6-12(9-16-13)17-8-4-5-11(10-17)15(19)20-2/h6-7,9,11H,3-5,8,10H2,1-2H3. The van der Waals surface area contributed by atoms with Crippen molar-refractivity contribution in [2.75, 3.05) is 25.1 Å². The second-order valence-corrected chi connectivity index (χ2v) is 4.99. The lowest BCUT2D eigenvalue weighted by molar-refractivity contribution is -0.145. The van der Waals surface area contributed by atoms with Crippen molar-refractivity contribution in [3.05, 3.63) is 24.0 Å². The lowest BCUT2D eigenvalue weighted by Crippen LogP contribution is -2.39. The highest BCUT2D eigenvalue weighted by Gasteiger charge is 2.26. The third kappa shape index (κ3) is 3.15. The van der Waals surface area contributed by atoms with Crippen LogP contribution in [0.5, 0.6) is 0 Å². The first kappa shape index (κ1) is 14.5. The van der Waals surface area contributed by atoms with Gasteiger partial charge in [-0.15, -0.1) is 0 Å². The SMILES string of the molecule is CCC(=O)c1ccc(N2CCCC(C(=O)OC)C2)cn1. The first-order chi connectivity index (χ1) is 9.65. The molecule has 1 aromatic heterocycles. The molecule has 0 aliphatic carbocycles. The number of anilines is 1. The van der Waals surface area contributed by atoms with Crippen LogP contribution in [-0.2, 0) is 9.53 Å². The molecule has 1 unspecified atom stereocenters. The number of ether oxygens (including phenoxy) is 1. The number of nitrogens with zero attached hydrogens (tertiary/aromatic N) is 2. The van der Waals surface area contributed by atoms with Crippen LogP contribution < -0.4 is 4.90 Å². The molecular weight excluding hydrogens is 256 g/mol. The van der Waals surface area contributed by atoms with E-state index >= 15 is 0 Å². The Labute approximate surface area is 118 Å². The van der Waals surface area contributed by atoms with Crippen LogP contribution in [-0.4, -0.2) is 36.9 Å². The van der Waals surface area contributed by atoms with E-state index in [1.54, 1.807) is 12.3 Å². The predicted molar refractivity (Wildman–Crippen MR) is 75.8 cm³/mol. The van der Waals surface area contributed by atoms with E-state index in [1.165, 1.54) is 7.11 Å². The molecule has 1 aromatic rings. The van der Waals surface area contributed by atoms with Gasteiger partial charge in [0.25, 0.3) is 0 Å². The normalized spacial score (nSPS) is 18.7. The van der Waals surface area contributed by atoms with Gasteiger partial charge in [-0.3, -0.25) is 14.6 Å². The summed E-state index contributed by atoms with van der Waals surface area (Å²) in [5.74, 6) is -0.186. The van der Waals surface area contributed by atoms with Crippen molar-refractivity contribution in [1.82, 2.24) is 4.98 Å². The van der Waals surface area contributed by atoms with Gasteiger partial charge >= 0.3 is 5.97 Å². The molecule has 20 heavy (non-hydrogen) atoms. The highest BCUT2D eigenvalue weighted by molar-refractivity contribution is 5.94. The van der Waals surface area contributed by atoms with Crippen LogP contribution in [0.3, 0.4) is 0 Å². The maximum atomic E-state index is 11.6. The highest BCUT2D eigenvalue weighted by Crippen LogP contribution is 2.23. The summed E-state index contributed by atoms with van der Waals surface area (Å²) in [5, 5.41) is 0. The molecule has 0 amide bonds. The Morgan fingerprint density at radius 2 is 2.25 bits per heavy atom. The predicted octanol–water partition coefficient (Wildman–Crippen LogP) is 2.06. The number of methoxy groups -OCH3 is 1. The summed E-state index contributed by atoms with van der Waals surface area (Å²) in [6.07, 6.45) is 3.99. The lowest BCUT2D eigenvalue weighted by Gasteiger charge is -2.32. The van der Waals surface area contributed by atoms with Gasteiger partial charge in [0, 0.05) is 19.5 Å². The number of ketones is 1. The fraction of sp³-hybridized carbons (Fsp3) is 0.533. The van der Waals surface area contributed by atoms with Crippen LogP contribution in [0.2, 0.25) is 0 Å². The summed E-state index contributed by atoms with van der Waals surface area (Å²) in [6, 6.07) is 3.65. The van der Waals surface area contributed by atoms with Crippen molar-refractivity contribution in [3.8, 4) is 0 Å². The van der Waals surface area contributed by atoms with Crippen LogP contribution >= 0.6 is 0 Å². The monoisotopic (exact) mass is 276 g/mol. The van der Waals surface area contributed by atoms with Crippen LogP contribution in [0.1, 0.15) is 36.7 Å². The van der Waals surface area contributed by atoms with Crippen molar-refractivity contribution in [2.45, 2.75) is 26.2 Å². The Bertz CT molecular complexity index is 484. The van der Waals surface area contributed by atoms with Gasteiger partial charge in [-0.1, -0.05) is 6.92 Å². The van der Waals surface area contributed by atoms with E-state index in [1.807, 2.05) is 13.0 Å². The molecule has 2 rings (SSSR count). The molecule has 1 saturated heterocycles. The lowest BCUT2D eigenvalue weighted by atomic mass is 9.98. The Morgan fingerprint density at radius 1 is 1.45 bits per heavy atom. The Hall–Kier alpha value is -1.91. The van der Waals surface area contributed by atoms with Gasteiger partial charge in [0.05, 0.1) is 24.9 Å².